The Morgan fingerprint density at radius 3 is 2.00 bits per heavy atom. The molecule has 2 rings (SSSR count). The summed E-state index contributed by atoms with van der Waals surface area (Å²) in [6.45, 7) is 1.74. The molecule has 0 aliphatic carbocycles. The molecule has 0 saturated heterocycles. The third-order valence-electron chi connectivity index (χ3n) is 3.90. The van der Waals surface area contributed by atoms with E-state index in [0.717, 1.165) is 5.56 Å². The first-order valence-corrected chi connectivity index (χ1v) is 9.31. The lowest BCUT2D eigenvalue weighted by molar-refractivity contribution is 0.354. The highest BCUT2D eigenvalue weighted by Gasteiger charge is 2.24. The molecule has 1 N–H and O–H groups in total. The summed E-state index contributed by atoms with van der Waals surface area (Å²) in [5, 5.41) is 0. The van der Waals surface area contributed by atoms with Crippen molar-refractivity contribution in [3.8, 4) is 23.0 Å². The van der Waals surface area contributed by atoms with E-state index >= 15 is 0 Å². The number of hydrogen-bond acceptors (Lipinski definition) is 6. The van der Waals surface area contributed by atoms with Crippen LogP contribution in [0.15, 0.2) is 41.3 Å². The number of nitrogens with one attached hydrogen (secondary N) is 1. The Bertz CT molecular complexity index is 866. The van der Waals surface area contributed by atoms with Crippen LogP contribution in [-0.4, -0.2) is 36.9 Å². The van der Waals surface area contributed by atoms with Gasteiger partial charge in [-0.05, 0) is 36.8 Å². The van der Waals surface area contributed by atoms with Gasteiger partial charge in [-0.2, -0.15) is 0 Å². The van der Waals surface area contributed by atoms with Crippen molar-refractivity contribution in [3.05, 3.63) is 42.0 Å². The second kappa shape index (κ2) is 8.29. The molecule has 0 fully saturated rings. The van der Waals surface area contributed by atoms with Crippen LogP contribution in [0.3, 0.4) is 0 Å². The van der Waals surface area contributed by atoms with Gasteiger partial charge >= 0.3 is 0 Å². The average molecular weight is 381 g/mol. The molecule has 0 aliphatic rings. The first-order chi connectivity index (χ1) is 12.4. The quantitative estimate of drug-likeness (QED) is 0.757. The minimum absolute atomic E-state index is 0.00618. The third-order valence-corrected chi connectivity index (χ3v) is 5.46. The summed E-state index contributed by atoms with van der Waals surface area (Å²) in [4.78, 5) is 0.00618. The van der Waals surface area contributed by atoms with Crippen molar-refractivity contribution >= 4 is 10.0 Å². The first-order valence-electron chi connectivity index (χ1n) is 7.82. The maximum Gasteiger partial charge on any atom is 0.244 e. The number of sulfonamides is 1. The van der Waals surface area contributed by atoms with Gasteiger partial charge in [0.15, 0.2) is 11.5 Å². The summed E-state index contributed by atoms with van der Waals surface area (Å²) in [6.07, 6.45) is 0. The molecule has 26 heavy (non-hydrogen) atoms. The fourth-order valence-corrected chi connectivity index (χ4v) is 3.90. The Morgan fingerprint density at radius 1 is 0.808 bits per heavy atom. The molecule has 0 heterocycles. The minimum Gasteiger partial charge on any atom is -0.497 e. The third kappa shape index (κ3) is 4.20. The van der Waals surface area contributed by atoms with Crippen molar-refractivity contribution in [1.29, 1.82) is 0 Å². The molecule has 0 radical (unpaired) electrons. The smallest absolute Gasteiger partial charge is 0.244 e. The van der Waals surface area contributed by atoms with Crippen LogP contribution in [0.4, 0.5) is 0 Å². The molecule has 2 aromatic carbocycles. The van der Waals surface area contributed by atoms with Crippen molar-refractivity contribution in [2.24, 2.45) is 0 Å². The van der Waals surface area contributed by atoms with Crippen LogP contribution in [0.25, 0.3) is 0 Å². The van der Waals surface area contributed by atoms with E-state index in [0.29, 0.717) is 17.2 Å². The van der Waals surface area contributed by atoms with E-state index in [-0.39, 0.29) is 10.6 Å². The van der Waals surface area contributed by atoms with Crippen LogP contribution in [0.5, 0.6) is 23.0 Å². The average Bonchev–Trinajstić information content (AvgIpc) is 2.66. The zero-order valence-corrected chi connectivity index (χ0v) is 16.2. The van der Waals surface area contributed by atoms with Gasteiger partial charge in [0.2, 0.25) is 10.0 Å². The summed E-state index contributed by atoms with van der Waals surface area (Å²) in [5.74, 6) is 1.75. The van der Waals surface area contributed by atoms with Gasteiger partial charge < -0.3 is 18.9 Å². The Kier molecular flexibility index (Phi) is 6.33. The molecule has 142 valence electrons. The molecule has 1 atom stereocenters. The monoisotopic (exact) mass is 381 g/mol. The summed E-state index contributed by atoms with van der Waals surface area (Å²) < 4.78 is 49.1. The summed E-state index contributed by atoms with van der Waals surface area (Å²) in [6, 6.07) is 9.33. The SMILES string of the molecule is COc1ccc(OC)c(S(=O)(=O)N[C@H](C)c2ccc(OC)c(OC)c2)c1. The largest absolute Gasteiger partial charge is 0.497 e. The minimum atomic E-state index is -3.85. The van der Waals surface area contributed by atoms with Crippen molar-refractivity contribution < 1.29 is 27.4 Å². The zero-order valence-electron chi connectivity index (χ0n) is 15.4. The standard InChI is InChI=1S/C18H23NO6S/c1-12(13-6-8-15(23-3)17(10-13)25-5)19-26(20,21)18-11-14(22-2)7-9-16(18)24-4/h6-12,19H,1-5H3/t12-/m1/s1. The lowest BCUT2D eigenvalue weighted by Gasteiger charge is -2.18. The highest BCUT2D eigenvalue weighted by molar-refractivity contribution is 7.89. The maximum atomic E-state index is 12.8. The lowest BCUT2D eigenvalue weighted by Crippen LogP contribution is -2.27. The van der Waals surface area contributed by atoms with Gasteiger partial charge in [-0.25, -0.2) is 13.1 Å². The first kappa shape index (κ1) is 19.9. The van der Waals surface area contributed by atoms with Gasteiger partial charge in [0.1, 0.15) is 16.4 Å². The van der Waals surface area contributed by atoms with E-state index in [2.05, 4.69) is 4.72 Å². The van der Waals surface area contributed by atoms with E-state index in [1.165, 1.54) is 27.4 Å². The number of rotatable bonds is 8. The van der Waals surface area contributed by atoms with Gasteiger partial charge in [0.05, 0.1) is 28.4 Å². The topological polar surface area (TPSA) is 83.1 Å². The summed E-state index contributed by atoms with van der Waals surface area (Å²) in [7, 11) is 2.11. The summed E-state index contributed by atoms with van der Waals surface area (Å²) in [5.41, 5.74) is 0.730. The highest BCUT2D eigenvalue weighted by atomic mass is 32.2. The Morgan fingerprint density at radius 2 is 1.42 bits per heavy atom. The van der Waals surface area contributed by atoms with Crippen LogP contribution in [0.1, 0.15) is 18.5 Å². The molecule has 0 unspecified atom stereocenters. The molecule has 0 amide bonds. The zero-order chi connectivity index (χ0) is 19.3. The molecule has 0 spiro atoms. The second-order valence-electron chi connectivity index (χ2n) is 5.47. The normalized spacial score (nSPS) is 12.3. The molecular formula is C18H23NO6S. The van der Waals surface area contributed by atoms with Gasteiger partial charge in [-0.1, -0.05) is 6.07 Å². The fraction of sp³-hybridized carbons (Fsp3) is 0.333. The molecule has 0 saturated carbocycles. The van der Waals surface area contributed by atoms with Gasteiger partial charge in [-0.15, -0.1) is 0 Å². The predicted molar refractivity (Wildman–Crippen MR) is 97.8 cm³/mol. The van der Waals surface area contributed by atoms with Crippen LogP contribution < -0.4 is 23.7 Å². The lowest BCUT2D eigenvalue weighted by atomic mass is 10.1. The maximum absolute atomic E-state index is 12.8. The molecule has 0 aromatic heterocycles. The molecule has 2 aromatic rings. The summed E-state index contributed by atoms with van der Waals surface area (Å²) >= 11 is 0. The van der Waals surface area contributed by atoms with Gasteiger partial charge in [0, 0.05) is 12.1 Å². The van der Waals surface area contributed by atoms with Gasteiger partial charge in [-0.3, -0.25) is 0 Å². The Labute approximate surface area is 153 Å². The van der Waals surface area contributed by atoms with Gasteiger partial charge in [0.25, 0.3) is 0 Å². The van der Waals surface area contributed by atoms with E-state index in [4.69, 9.17) is 18.9 Å². The number of methoxy groups -OCH3 is 4. The number of ether oxygens (including phenoxy) is 4. The Balaban J connectivity index is 2.35. The van der Waals surface area contributed by atoms with Crippen molar-refractivity contribution in [1.82, 2.24) is 4.72 Å². The molecular weight excluding hydrogens is 358 g/mol. The molecule has 0 aliphatic heterocycles. The van der Waals surface area contributed by atoms with E-state index in [9.17, 15) is 8.42 Å². The molecule has 7 nitrogen and oxygen atoms in total. The second-order valence-corrected chi connectivity index (χ2v) is 7.16. The van der Waals surface area contributed by atoms with E-state index in [1.54, 1.807) is 44.4 Å². The van der Waals surface area contributed by atoms with Crippen LogP contribution in [-0.2, 0) is 10.0 Å². The highest BCUT2D eigenvalue weighted by Crippen LogP contribution is 2.32. The number of benzene rings is 2. The predicted octanol–water partition coefficient (Wildman–Crippen LogP) is 2.76. The van der Waals surface area contributed by atoms with Crippen molar-refractivity contribution in [2.45, 2.75) is 17.9 Å². The van der Waals surface area contributed by atoms with Crippen LogP contribution in [0, 0.1) is 0 Å². The van der Waals surface area contributed by atoms with Crippen molar-refractivity contribution in [2.75, 3.05) is 28.4 Å². The Hall–Kier alpha value is -2.45. The molecule has 8 heteroatoms. The van der Waals surface area contributed by atoms with Crippen LogP contribution in [0.2, 0.25) is 0 Å². The van der Waals surface area contributed by atoms with Crippen LogP contribution >= 0.6 is 0 Å². The van der Waals surface area contributed by atoms with Crippen molar-refractivity contribution in [3.63, 3.8) is 0 Å². The fourth-order valence-electron chi connectivity index (χ4n) is 2.48. The number of hydrogen-bond donors (Lipinski definition) is 1. The van der Waals surface area contributed by atoms with E-state index < -0.39 is 16.1 Å². The van der Waals surface area contributed by atoms with E-state index in [1.807, 2.05) is 0 Å². The molecule has 0 bridgehead atoms.